The van der Waals surface area contributed by atoms with Gasteiger partial charge in [-0.25, -0.2) is 0 Å². The highest BCUT2D eigenvalue weighted by molar-refractivity contribution is 5.99. The lowest BCUT2D eigenvalue weighted by Crippen LogP contribution is -2.18. The number of hydrogen-bond acceptors (Lipinski definition) is 2. The molecule has 0 aromatic heterocycles. The molecule has 1 aliphatic heterocycles. The second kappa shape index (κ2) is 5.34. The Kier molecular flexibility index (Phi) is 3.52. The standard InChI is InChI=1S/C18H20N2O/c1-11-6-12(2)8-15(7-11)18(19-3)13-4-5-16-14(9-13)10-17(21)20-16/h4-9,18-19H,10H2,1-3H3,(H,20,21). The molecular formula is C18H20N2O. The smallest absolute Gasteiger partial charge is 0.228 e. The quantitative estimate of drug-likeness (QED) is 0.907. The van der Waals surface area contributed by atoms with Crippen molar-refractivity contribution >= 4 is 11.6 Å². The molecule has 0 saturated carbocycles. The first kappa shape index (κ1) is 13.8. The predicted octanol–water partition coefficient (Wildman–Crippen LogP) is 3.11. The molecule has 3 rings (SSSR count). The van der Waals surface area contributed by atoms with Gasteiger partial charge in [0, 0.05) is 5.69 Å². The molecule has 108 valence electrons. The summed E-state index contributed by atoms with van der Waals surface area (Å²) >= 11 is 0. The third kappa shape index (κ3) is 2.69. The monoisotopic (exact) mass is 280 g/mol. The average molecular weight is 280 g/mol. The number of anilines is 1. The highest BCUT2D eigenvalue weighted by Crippen LogP contribution is 2.29. The summed E-state index contributed by atoms with van der Waals surface area (Å²) in [5.41, 5.74) is 7.01. The fourth-order valence-corrected chi connectivity index (χ4v) is 3.13. The first-order valence-corrected chi connectivity index (χ1v) is 7.25. The molecule has 1 aliphatic rings. The van der Waals surface area contributed by atoms with Crippen LogP contribution in [0.4, 0.5) is 5.69 Å². The van der Waals surface area contributed by atoms with Crippen molar-refractivity contribution in [1.29, 1.82) is 0 Å². The predicted molar refractivity (Wildman–Crippen MR) is 85.6 cm³/mol. The van der Waals surface area contributed by atoms with Gasteiger partial charge in [-0.3, -0.25) is 4.79 Å². The molecule has 0 fully saturated rings. The van der Waals surface area contributed by atoms with E-state index in [9.17, 15) is 4.79 Å². The molecule has 1 heterocycles. The summed E-state index contributed by atoms with van der Waals surface area (Å²) in [5.74, 6) is 0.0783. The van der Waals surface area contributed by atoms with Crippen LogP contribution in [0, 0.1) is 13.8 Å². The van der Waals surface area contributed by atoms with Crippen molar-refractivity contribution in [2.24, 2.45) is 0 Å². The van der Waals surface area contributed by atoms with Gasteiger partial charge in [0.05, 0.1) is 12.5 Å². The molecule has 0 saturated heterocycles. The summed E-state index contributed by atoms with van der Waals surface area (Å²) in [6, 6.07) is 13.0. The highest BCUT2D eigenvalue weighted by atomic mass is 16.1. The summed E-state index contributed by atoms with van der Waals surface area (Å²) in [7, 11) is 1.97. The van der Waals surface area contributed by atoms with Gasteiger partial charge in [-0.15, -0.1) is 0 Å². The molecular weight excluding hydrogens is 260 g/mol. The van der Waals surface area contributed by atoms with E-state index in [2.05, 4.69) is 54.8 Å². The van der Waals surface area contributed by atoms with E-state index in [-0.39, 0.29) is 11.9 Å². The molecule has 3 heteroatoms. The molecule has 1 unspecified atom stereocenters. The van der Waals surface area contributed by atoms with Crippen LogP contribution in [0.5, 0.6) is 0 Å². The van der Waals surface area contributed by atoms with Gasteiger partial charge in [-0.05, 0) is 43.7 Å². The topological polar surface area (TPSA) is 41.1 Å². The van der Waals surface area contributed by atoms with Crippen molar-refractivity contribution in [3.05, 3.63) is 64.2 Å². The van der Waals surface area contributed by atoms with E-state index in [1.807, 2.05) is 13.1 Å². The number of rotatable bonds is 3. The minimum absolute atomic E-state index is 0.0783. The van der Waals surface area contributed by atoms with E-state index < -0.39 is 0 Å². The first-order valence-electron chi connectivity index (χ1n) is 7.25. The highest BCUT2D eigenvalue weighted by Gasteiger charge is 2.20. The van der Waals surface area contributed by atoms with Gasteiger partial charge >= 0.3 is 0 Å². The van der Waals surface area contributed by atoms with Crippen LogP contribution in [0.3, 0.4) is 0 Å². The second-order valence-electron chi connectivity index (χ2n) is 5.78. The van der Waals surface area contributed by atoms with Gasteiger partial charge in [0.2, 0.25) is 5.91 Å². The van der Waals surface area contributed by atoms with E-state index >= 15 is 0 Å². The zero-order valence-electron chi connectivity index (χ0n) is 12.7. The van der Waals surface area contributed by atoms with Gasteiger partial charge in [-0.1, -0.05) is 41.5 Å². The average Bonchev–Trinajstić information content (AvgIpc) is 2.78. The maximum absolute atomic E-state index is 11.5. The molecule has 2 aromatic rings. The lowest BCUT2D eigenvalue weighted by Gasteiger charge is -2.19. The minimum Gasteiger partial charge on any atom is -0.326 e. The van der Waals surface area contributed by atoms with Gasteiger partial charge in [0.15, 0.2) is 0 Å². The Morgan fingerprint density at radius 3 is 2.43 bits per heavy atom. The molecule has 0 radical (unpaired) electrons. The Labute approximate surface area is 125 Å². The van der Waals surface area contributed by atoms with Gasteiger partial charge < -0.3 is 10.6 Å². The second-order valence-corrected chi connectivity index (χ2v) is 5.78. The third-order valence-electron chi connectivity index (χ3n) is 3.95. The van der Waals surface area contributed by atoms with Crippen molar-refractivity contribution in [1.82, 2.24) is 5.32 Å². The van der Waals surface area contributed by atoms with Crippen LogP contribution < -0.4 is 10.6 Å². The number of fused-ring (bicyclic) bond motifs is 1. The number of hydrogen-bond donors (Lipinski definition) is 2. The van der Waals surface area contributed by atoms with E-state index in [4.69, 9.17) is 0 Å². The lowest BCUT2D eigenvalue weighted by atomic mass is 9.94. The van der Waals surface area contributed by atoms with E-state index in [0.29, 0.717) is 6.42 Å². The Morgan fingerprint density at radius 1 is 1.05 bits per heavy atom. The van der Waals surface area contributed by atoms with Crippen LogP contribution >= 0.6 is 0 Å². The van der Waals surface area contributed by atoms with Crippen LogP contribution in [0.2, 0.25) is 0 Å². The zero-order valence-corrected chi connectivity index (χ0v) is 12.7. The summed E-state index contributed by atoms with van der Waals surface area (Å²) < 4.78 is 0. The van der Waals surface area contributed by atoms with Crippen molar-refractivity contribution in [2.45, 2.75) is 26.3 Å². The SMILES string of the molecule is CNC(c1cc(C)cc(C)c1)c1ccc2c(c1)CC(=O)N2. The van der Waals surface area contributed by atoms with Crippen LogP contribution in [0.25, 0.3) is 0 Å². The number of carbonyl (C=O) groups is 1. The molecule has 1 amide bonds. The number of carbonyl (C=O) groups excluding carboxylic acids is 1. The lowest BCUT2D eigenvalue weighted by molar-refractivity contribution is -0.115. The summed E-state index contributed by atoms with van der Waals surface area (Å²) in [5, 5.41) is 6.27. The maximum atomic E-state index is 11.5. The fourth-order valence-electron chi connectivity index (χ4n) is 3.13. The molecule has 0 spiro atoms. The van der Waals surface area contributed by atoms with E-state index in [1.165, 1.54) is 22.3 Å². The molecule has 0 bridgehead atoms. The molecule has 0 aliphatic carbocycles. The molecule has 2 N–H and O–H groups in total. The minimum atomic E-state index is 0.0783. The van der Waals surface area contributed by atoms with Crippen molar-refractivity contribution in [3.8, 4) is 0 Å². The molecule has 21 heavy (non-hydrogen) atoms. The van der Waals surface area contributed by atoms with E-state index in [1.54, 1.807) is 0 Å². The van der Waals surface area contributed by atoms with Gasteiger partial charge in [-0.2, -0.15) is 0 Å². The Balaban J connectivity index is 2.01. The summed E-state index contributed by atoms with van der Waals surface area (Å²) in [6.07, 6.45) is 0.479. The van der Waals surface area contributed by atoms with Crippen molar-refractivity contribution < 1.29 is 4.79 Å². The van der Waals surface area contributed by atoms with Crippen LogP contribution in [0.1, 0.15) is 33.9 Å². The largest absolute Gasteiger partial charge is 0.326 e. The van der Waals surface area contributed by atoms with Crippen molar-refractivity contribution in [2.75, 3.05) is 12.4 Å². The third-order valence-corrected chi connectivity index (χ3v) is 3.95. The Morgan fingerprint density at radius 2 is 1.76 bits per heavy atom. The maximum Gasteiger partial charge on any atom is 0.228 e. The molecule has 2 aromatic carbocycles. The Hall–Kier alpha value is -2.13. The van der Waals surface area contributed by atoms with Crippen LogP contribution in [-0.2, 0) is 11.2 Å². The molecule has 1 atom stereocenters. The van der Waals surface area contributed by atoms with Crippen LogP contribution in [0.15, 0.2) is 36.4 Å². The van der Waals surface area contributed by atoms with Crippen molar-refractivity contribution in [3.63, 3.8) is 0 Å². The first-order chi connectivity index (χ1) is 10.1. The van der Waals surface area contributed by atoms with E-state index in [0.717, 1.165) is 11.3 Å². The number of nitrogens with one attached hydrogen (secondary N) is 2. The summed E-state index contributed by atoms with van der Waals surface area (Å²) in [6.45, 7) is 4.24. The fraction of sp³-hybridized carbons (Fsp3) is 0.278. The molecule has 3 nitrogen and oxygen atoms in total. The summed E-state index contributed by atoms with van der Waals surface area (Å²) in [4.78, 5) is 11.5. The number of aryl methyl sites for hydroxylation is 2. The normalized spacial score (nSPS) is 14.7. The number of amides is 1. The van der Waals surface area contributed by atoms with Gasteiger partial charge in [0.25, 0.3) is 0 Å². The van der Waals surface area contributed by atoms with Gasteiger partial charge in [0.1, 0.15) is 0 Å². The van der Waals surface area contributed by atoms with Crippen LogP contribution in [-0.4, -0.2) is 13.0 Å². The zero-order chi connectivity index (χ0) is 15.0. The Bertz CT molecular complexity index is 686. The number of benzene rings is 2.